The number of carbonyl (C=O) groups excluding carboxylic acids is 1. The van der Waals surface area contributed by atoms with Gasteiger partial charge in [0, 0.05) is 17.7 Å². The van der Waals surface area contributed by atoms with Crippen molar-refractivity contribution in [3.05, 3.63) is 39.6 Å². The highest BCUT2D eigenvalue weighted by Gasteiger charge is 2.48. The first-order chi connectivity index (χ1) is 10.2. The SMILES string of the molecule is COC(C)ON1C(=O)C(c2ccc(Cl)cc2Cl)=C(O)C1(C)C. The van der Waals surface area contributed by atoms with E-state index in [4.69, 9.17) is 32.8 Å². The Balaban J connectivity index is 2.48. The van der Waals surface area contributed by atoms with Gasteiger partial charge in [-0.2, -0.15) is 0 Å². The summed E-state index contributed by atoms with van der Waals surface area (Å²) < 4.78 is 5.01. The second-order valence-electron chi connectivity index (χ2n) is 5.42. The Kier molecular flexibility index (Phi) is 4.73. The van der Waals surface area contributed by atoms with E-state index in [0.29, 0.717) is 10.6 Å². The lowest BCUT2D eigenvalue weighted by Crippen LogP contribution is -2.45. The smallest absolute Gasteiger partial charge is 0.282 e. The zero-order chi connectivity index (χ0) is 16.7. The molecule has 2 rings (SSSR count). The molecule has 0 aliphatic carbocycles. The van der Waals surface area contributed by atoms with E-state index in [2.05, 4.69) is 0 Å². The molecule has 1 atom stereocenters. The molecule has 0 aromatic heterocycles. The molecular formula is C15H17Cl2NO4. The first-order valence-electron chi connectivity index (χ1n) is 6.63. The number of hydroxylamine groups is 2. The number of benzene rings is 1. The molecule has 0 saturated carbocycles. The summed E-state index contributed by atoms with van der Waals surface area (Å²) in [5.41, 5.74) is -0.546. The zero-order valence-electron chi connectivity index (χ0n) is 12.7. The van der Waals surface area contributed by atoms with Crippen LogP contribution in [0.2, 0.25) is 10.0 Å². The van der Waals surface area contributed by atoms with Crippen LogP contribution in [0.15, 0.2) is 24.0 Å². The maximum atomic E-state index is 12.7. The molecule has 120 valence electrons. The predicted octanol–water partition coefficient (Wildman–Crippen LogP) is 3.81. The van der Waals surface area contributed by atoms with Crippen LogP contribution in [0.25, 0.3) is 5.57 Å². The minimum atomic E-state index is -1.04. The van der Waals surface area contributed by atoms with Crippen molar-refractivity contribution in [1.29, 1.82) is 0 Å². The standard InChI is InChI=1S/C15H17Cl2NO4/c1-8(21-4)22-18-14(20)12(13(19)15(18,2)3)10-6-5-9(16)7-11(10)17/h5-8,19H,1-4H3. The number of carbonyl (C=O) groups is 1. The van der Waals surface area contributed by atoms with Gasteiger partial charge in [-0.15, -0.1) is 0 Å². The summed E-state index contributed by atoms with van der Waals surface area (Å²) in [6.45, 7) is 4.98. The summed E-state index contributed by atoms with van der Waals surface area (Å²) in [7, 11) is 1.46. The van der Waals surface area contributed by atoms with Gasteiger partial charge in [-0.25, -0.2) is 9.90 Å². The van der Waals surface area contributed by atoms with Crippen LogP contribution in [0.3, 0.4) is 0 Å². The van der Waals surface area contributed by atoms with Crippen molar-refractivity contribution >= 4 is 34.7 Å². The van der Waals surface area contributed by atoms with E-state index in [0.717, 1.165) is 5.06 Å². The van der Waals surface area contributed by atoms with Crippen LogP contribution in [0, 0.1) is 0 Å². The van der Waals surface area contributed by atoms with E-state index in [1.807, 2.05) is 0 Å². The number of hydrogen-bond acceptors (Lipinski definition) is 4. The Morgan fingerprint density at radius 2 is 1.95 bits per heavy atom. The second-order valence-corrected chi connectivity index (χ2v) is 6.26. The molecule has 1 heterocycles. The summed E-state index contributed by atoms with van der Waals surface area (Å²) in [5.74, 6) is -0.611. The Morgan fingerprint density at radius 3 is 2.50 bits per heavy atom. The van der Waals surface area contributed by atoms with Crippen LogP contribution in [0.1, 0.15) is 26.3 Å². The zero-order valence-corrected chi connectivity index (χ0v) is 14.2. The van der Waals surface area contributed by atoms with Crippen molar-refractivity contribution in [2.24, 2.45) is 0 Å². The summed E-state index contributed by atoms with van der Waals surface area (Å²) >= 11 is 12.0. The Bertz CT molecular complexity index is 642. The molecule has 1 aromatic carbocycles. The molecule has 7 heteroatoms. The molecule has 0 fully saturated rings. The van der Waals surface area contributed by atoms with E-state index in [-0.39, 0.29) is 16.4 Å². The molecule has 1 amide bonds. The molecule has 0 bridgehead atoms. The number of halogens is 2. The molecule has 22 heavy (non-hydrogen) atoms. The average Bonchev–Trinajstić information content (AvgIpc) is 2.60. The van der Waals surface area contributed by atoms with Gasteiger partial charge in [0.15, 0.2) is 6.29 Å². The number of ether oxygens (including phenoxy) is 1. The third-order valence-electron chi connectivity index (χ3n) is 3.51. The molecule has 5 nitrogen and oxygen atoms in total. The van der Waals surface area contributed by atoms with Crippen LogP contribution in [0.5, 0.6) is 0 Å². The van der Waals surface area contributed by atoms with Crippen LogP contribution in [-0.4, -0.2) is 35.0 Å². The van der Waals surface area contributed by atoms with Crippen molar-refractivity contribution < 1.29 is 19.5 Å². The van der Waals surface area contributed by atoms with Crippen molar-refractivity contribution in [2.45, 2.75) is 32.6 Å². The topological polar surface area (TPSA) is 59.0 Å². The Labute approximate surface area is 139 Å². The third-order valence-corrected chi connectivity index (χ3v) is 4.06. The molecule has 1 aliphatic rings. The van der Waals surface area contributed by atoms with Gasteiger partial charge in [-0.1, -0.05) is 29.3 Å². The van der Waals surface area contributed by atoms with Crippen LogP contribution < -0.4 is 0 Å². The van der Waals surface area contributed by atoms with Gasteiger partial charge < -0.3 is 9.84 Å². The maximum absolute atomic E-state index is 12.7. The molecule has 1 aromatic rings. The molecule has 1 aliphatic heterocycles. The summed E-state index contributed by atoms with van der Waals surface area (Å²) in [6, 6.07) is 4.71. The fourth-order valence-electron chi connectivity index (χ4n) is 2.16. The van der Waals surface area contributed by atoms with Gasteiger partial charge in [0.25, 0.3) is 5.91 Å². The van der Waals surface area contributed by atoms with Gasteiger partial charge in [-0.05, 0) is 32.9 Å². The third kappa shape index (κ3) is 2.82. The minimum absolute atomic E-state index is 0.0926. The number of hydrogen-bond donors (Lipinski definition) is 1. The van der Waals surface area contributed by atoms with E-state index >= 15 is 0 Å². The molecule has 0 spiro atoms. The van der Waals surface area contributed by atoms with Crippen molar-refractivity contribution in [3.63, 3.8) is 0 Å². The first-order valence-corrected chi connectivity index (χ1v) is 7.39. The number of aliphatic hydroxyl groups is 1. The largest absolute Gasteiger partial charge is 0.509 e. The second kappa shape index (κ2) is 6.08. The highest BCUT2D eigenvalue weighted by atomic mass is 35.5. The number of aliphatic hydroxyl groups excluding tert-OH is 1. The lowest BCUT2D eigenvalue weighted by atomic mass is 9.99. The van der Waals surface area contributed by atoms with Crippen LogP contribution >= 0.6 is 23.2 Å². The van der Waals surface area contributed by atoms with E-state index in [9.17, 15) is 9.90 Å². The minimum Gasteiger partial charge on any atom is -0.509 e. The average molecular weight is 346 g/mol. The lowest BCUT2D eigenvalue weighted by Gasteiger charge is -2.32. The molecule has 1 unspecified atom stereocenters. The predicted molar refractivity (Wildman–Crippen MR) is 84.5 cm³/mol. The number of rotatable bonds is 4. The van der Waals surface area contributed by atoms with Gasteiger partial charge in [0.2, 0.25) is 0 Å². The maximum Gasteiger partial charge on any atom is 0.282 e. The number of nitrogens with zero attached hydrogens (tertiary/aromatic N) is 1. The summed E-state index contributed by atoms with van der Waals surface area (Å²) in [5, 5.41) is 12.3. The summed E-state index contributed by atoms with van der Waals surface area (Å²) in [4.78, 5) is 18.1. The number of amides is 1. The molecule has 1 N–H and O–H groups in total. The highest BCUT2D eigenvalue weighted by molar-refractivity contribution is 6.37. The van der Waals surface area contributed by atoms with Crippen LogP contribution in [0.4, 0.5) is 0 Å². The lowest BCUT2D eigenvalue weighted by molar-refractivity contribution is -0.276. The van der Waals surface area contributed by atoms with E-state index in [1.165, 1.54) is 13.2 Å². The van der Waals surface area contributed by atoms with E-state index < -0.39 is 17.7 Å². The van der Waals surface area contributed by atoms with Gasteiger partial charge >= 0.3 is 0 Å². The molecule has 0 radical (unpaired) electrons. The quantitative estimate of drug-likeness (QED) is 0.843. The molecular weight excluding hydrogens is 329 g/mol. The normalized spacial score (nSPS) is 19.0. The number of methoxy groups -OCH3 is 1. The van der Waals surface area contributed by atoms with Crippen molar-refractivity contribution in [2.75, 3.05) is 7.11 Å². The summed E-state index contributed by atoms with van der Waals surface area (Å²) in [6.07, 6.45) is -0.643. The fourth-order valence-corrected chi connectivity index (χ4v) is 2.67. The van der Waals surface area contributed by atoms with E-state index in [1.54, 1.807) is 32.9 Å². The Morgan fingerprint density at radius 1 is 1.32 bits per heavy atom. The fraction of sp³-hybridized carbons (Fsp3) is 0.400. The van der Waals surface area contributed by atoms with Gasteiger partial charge in [-0.3, -0.25) is 4.79 Å². The van der Waals surface area contributed by atoms with Crippen molar-refractivity contribution in [1.82, 2.24) is 5.06 Å². The monoisotopic (exact) mass is 345 g/mol. The molecule has 0 saturated heterocycles. The Hall–Kier alpha value is -1.27. The van der Waals surface area contributed by atoms with Gasteiger partial charge in [0.05, 0.1) is 10.6 Å². The highest BCUT2D eigenvalue weighted by Crippen LogP contribution is 2.41. The van der Waals surface area contributed by atoms with Crippen LogP contribution in [-0.2, 0) is 14.4 Å². The first kappa shape index (κ1) is 17.1. The van der Waals surface area contributed by atoms with Gasteiger partial charge in [0.1, 0.15) is 11.3 Å². The van der Waals surface area contributed by atoms with Crippen molar-refractivity contribution in [3.8, 4) is 0 Å².